The number of Topliss-reactive ketones (excluding diaryl/α,β-unsaturated/α-hetero) is 1. The van der Waals surface area contributed by atoms with Gasteiger partial charge in [-0.3, -0.25) is 4.79 Å². The fourth-order valence-electron chi connectivity index (χ4n) is 2.62. The Kier molecular flexibility index (Phi) is 4.31. The molecular formula is C14H20N2O2. The van der Waals surface area contributed by atoms with Crippen molar-refractivity contribution in [3.8, 4) is 0 Å². The van der Waals surface area contributed by atoms with Gasteiger partial charge in [-0.2, -0.15) is 0 Å². The Morgan fingerprint density at radius 1 is 1.44 bits per heavy atom. The van der Waals surface area contributed by atoms with Crippen molar-refractivity contribution < 1.29 is 9.90 Å². The quantitative estimate of drug-likeness (QED) is 0.850. The monoisotopic (exact) mass is 248 g/mol. The molecule has 1 aliphatic rings. The maximum absolute atomic E-state index is 12.0. The van der Waals surface area contributed by atoms with Gasteiger partial charge in [0.1, 0.15) is 11.9 Å². The van der Waals surface area contributed by atoms with E-state index in [4.69, 9.17) is 5.73 Å². The third-order valence-electron chi connectivity index (χ3n) is 3.65. The van der Waals surface area contributed by atoms with Crippen molar-refractivity contribution in [2.45, 2.75) is 44.6 Å². The number of aliphatic hydroxyl groups excluding tert-OH is 1. The number of pyridine rings is 1. The molecule has 0 radical (unpaired) electrons. The smallest absolute Gasteiger partial charge is 0.165 e. The highest BCUT2D eigenvalue weighted by Crippen LogP contribution is 2.27. The number of rotatable bonds is 4. The van der Waals surface area contributed by atoms with Crippen LogP contribution < -0.4 is 5.73 Å². The first kappa shape index (κ1) is 13.0. The first-order valence-corrected chi connectivity index (χ1v) is 6.58. The van der Waals surface area contributed by atoms with E-state index < -0.39 is 6.10 Å². The van der Waals surface area contributed by atoms with E-state index in [1.807, 2.05) is 0 Å². The third-order valence-corrected chi connectivity index (χ3v) is 3.65. The average Bonchev–Trinajstić information content (AvgIpc) is 2.39. The molecular weight excluding hydrogens is 228 g/mol. The zero-order valence-corrected chi connectivity index (χ0v) is 10.5. The molecule has 1 aromatic rings. The van der Waals surface area contributed by atoms with Crippen molar-refractivity contribution in [2.24, 2.45) is 5.92 Å². The lowest BCUT2D eigenvalue weighted by Crippen LogP contribution is -2.32. The maximum Gasteiger partial charge on any atom is 0.165 e. The van der Waals surface area contributed by atoms with Crippen LogP contribution >= 0.6 is 0 Å². The Labute approximate surface area is 107 Å². The maximum atomic E-state index is 12.0. The largest absolute Gasteiger partial charge is 0.385 e. The summed E-state index contributed by atoms with van der Waals surface area (Å²) in [7, 11) is 0. The Balaban J connectivity index is 1.94. The van der Waals surface area contributed by atoms with Crippen molar-refractivity contribution in [3.63, 3.8) is 0 Å². The number of carbonyl (C=O) groups is 1. The molecule has 4 heteroatoms. The van der Waals surface area contributed by atoms with E-state index in [-0.39, 0.29) is 18.1 Å². The number of hydrogen-bond donors (Lipinski definition) is 2. The van der Waals surface area contributed by atoms with Gasteiger partial charge in [0.25, 0.3) is 0 Å². The van der Waals surface area contributed by atoms with Gasteiger partial charge in [0.15, 0.2) is 5.78 Å². The molecule has 1 aliphatic carbocycles. The molecule has 0 saturated heterocycles. The SMILES string of the molecule is Nc1cc(CC(=O)C(O)C2CCCCC2)ccn1. The van der Waals surface area contributed by atoms with E-state index in [1.54, 1.807) is 18.3 Å². The molecule has 0 aliphatic heterocycles. The van der Waals surface area contributed by atoms with Crippen molar-refractivity contribution in [2.75, 3.05) is 5.73 Å². The Morgan fingerprint density at radius 3 is 2.83 bits per heavy atom. The molecule has 4 nitrogen and oxygen atoms in total. The Morgan fingerprint density at radius 2 is 2.17 bits per heavy atom. The molecule has 1 atom stereocenters. The molecule has 1 saturated carbocycles. The number of nitrogens with zero attached hydrogens (tertiary/aromatic N) is 1. The normalized spacial score (nSPS) is 18.5. The van der Waals surface area contributed by atoms with Crippen molar-refractivity contribution in [1.29, 1.82) is 0 Å². The third kappa shape index (κ3) is 3.29. The number of nitrogens with two attached hydrogens (primary N) is 1. The lowest BCUT2D eigenvalue weighted by Gasteiger charge is -2.25. The van der Waals surface area contributed by atoms with Gasteiger partial charge in [-0.25, -0.2) is 4.98 Å². The van der Waals surface area contributed by atoms with Crippen molar-refractivity contribution in [3.05, 3.63) is 23.9 Å². The molecule has 0 spiro atoms. The summed E-state index contributed by atoms with van der Waals surface area (Å²) in [6.45, 7) is 0. The van der Waals surface area contributed by atoms with Crippen molar-refractivity contribution in [1.82, 2.24) is 4.98 Å². The minimum absolute atomic E-state index is 0.104. The molecule has 0 aromatic carbocycles. The summed E-state index contributed by atoms with van der Waals surface area (Å²) >= 11 is 0. The molecule has 3 N–H and O–H groups in total. The standard InChI is InChI=1S/C14H20N2O2/c15-13-9-10(6-7-16-13)8-12(17)14(18)11-4-2-1-3-5-11/h6-7,9,11,14,18H,1-5,8H2,(H2,15,16). The summed E-state index contributed by atoms with van der Waals surface area (Å²) in [5.41, 5.74) is 6.39. The average molecular weight is 248 g/mol. The predicted octanol–water partition coefficient (Wildman–Crippen LogP) is 1.72. The van der Waals surface area contributed by atoms with Crippen LogP contribution in [0, 0.1) is 5.92 Å². The topological polar surface area (TPSA) is 76.2 Å². The molecule has 1 unspecified atom stereocenters. The summed E-state index contributed by atoms with van der Waals surface area (Å²) in [5, 5.41) is 10.1. The molecule has 0 bridgehead atoms. The van der Waals surface area contributed by atoms with Gasteiger partial charge >= 0.3 is 0 Å². The lowest BCUT2D eigenvalue weighted by molar-refractivity contribution is -0.129. The summed E-state index contributed by atoms with van der Waals surface area (Å²) < 4.78 is 0. The molecule has 0 amide bonds. The second-order valence-corrected chi connectivity index (χ2v) is 5.07. The Hall–Kier alpha value is -1.42. The van der Waals surface area contributed by atoms with E-state index >= 15 is 0 Å². The van der Waals surface area contributed by atoms with Crippen LogP contribution in [0.3, 0.4) is 0 Å². The van der Waals surface area contributed by atoms with Crippen LogP contribution in [0.25, 0.3) is 0 Å². The van der Waals surface area contributed by atoms with Gasteiger partial charge < -0.3 is 10.8 Å². The molecule has 18 heavy (non-hydrogen) atoms. The summed E-state index contributed by atoms with van der Waals surface area (Å²) in [6.07, 6.45) is 6.40. The number of hydrogen-bond acceptors (Lipinski definition) is 4. The van der Waals surface area contributed by atoms with E-state index in [0.717, 1.165) is 31.2 Å². The van der Waals surface area contributed by atoms with Gasteiger partial charge in [-0.1, -0.05) is 19.3 Å². The number of carbonyl (C=O) groups excluding carboxylic acids is 1. The lowest BCUT2D eigenvalue weighted by atomic mass is 9.83. The van der Waals surface area contributed by atoms with Crippen LogP contribution in [-0.2, 0) is 11.2 Å². The van der Waals surface area contributed by atoms with E-state index in [1.165, 1.54) is 6.42 Å². The number of ketones is 1. The van der Waals surface area contributed by atoms with Crippen LogP contribution in [-0.4, -0.2) is 22.0 Å². The highest BCUT2D eigenvalue weighted by Gasteiger charge is 2.27. The Bertz CT molecular complexity index is 414. The summed E-state index contributed by atoms with van der Waals surface area (Å²) in [5.74, 6) is 0.449. The minimum atomic E-state index is -0.820. The summed E-state index contributed by atoms with van der Waals surface area (Å²) in [6, 6.07) is 3.45. The predicted molar refractivity (Wildman–Crippen MR) is 69.9 cm³/mol. The van der Waals surface area contributed by atoms with Gasteiger partial charge in [-0.15, -0.1) is 0 Å². The first-order chi connectivity index (χ1) is 8.66. The molecule has 2 rings (SSSR count). The van der Waals surface area contributed by atoms with Crippen LogP contribution in [0.4, 0.5) is 5.82 Å². The first-order valence-electron chi connectivity index (χ1n) is 6.58. The van der Waals surface area contributed by atoms with E-state index in [2.05, 4.69) is 4.98 Å². The van der Waals surface area contributed by atoms with E-state index in [9.17, 15) is 9.90 Å². The highest BCUT2D eigenvalue weighted by molar-refractivity contribution is 5.85. The minimum Gasteiger partial charge on any atom is -0.385 e. The van der Waals surface area contributed by atoms with Crippen LogP contribution in [0.15, 0.2) is 18.3 Å². The second-order valence-electron chi connectivity index (χ2n) is 5.07. The molecule has 1 fully saturated rings. The molecule has 98 valence electrons. The summed E-state index contributed by atoms with van der Waals surface area (Å²) in [4.78, 5) is 15.9. The van der Waals surface area contributed by atoms with Gasteiger partial charge in [0.2, 0.25) is 0 Å². The van der Waals surface area contributed by atoms with Gasteiger partial charge in [-0.05, 0) is 36.5 Å². The van der Waals surface area contributed by atoms with E-state index in [0.29, 0.717) is 5.82 Å². The number of aliphatic hydroxyl groups is 1. The van der Waals surface area contributed by atoms with Crippen LogP contribution in [0.5, 0.6) is 0 Å². The zero-order valence-electron chi connectivity index (χ0n) is 10.5. The van der Waals surface area contributed by atoms with Gasteiger partial charge in [0, 0.05) is 12.6 Å². The number of anilines is 1. The number of nitrogen functional groups attached to an aromatic ring is 1. The van der Waals surface area contributed by atoms with Crippen LogP contribution in [0.1, 0.15) is 37.7 Å². The van der Waals surface area contributed by atoms with Crippen molar-refractivity contribution >= 4 is 11.6 Å². The van der Waals surface area contributed by atoms with Gasteiger partial charge in [0.05, 0.1) is 0 Å². The molecule has 1 aromatic heterocycles. The molecule has 1 heterocycles. The van der Waals surface area contributed by atoms with Crippen LogP contribution in [0.2, 0.25) is 0 Å². The highest BCUT2D eigenvalue weighted by atomic mass is 16.3. The fourth-order valence-corrected chi connectivity index (χ4v) is 2.62. The second kappa shape index (κ2) is 5.96. The fraction of sp³-hybridized carbons (Fsp3) is 0.571. The zero-order chi connectivity index (χ0) is 13.0. The number of aromatic nitrogens is 1.